The summed E-state index contributed by atoms with van der Waals surface area (Å²) in [6, 6.07) is 0. The van der Waals surface area contributed by atoms with Crippen LogP contribution in [0.5, 0.6) is 5.88 Å². The Bertz CT molecular complexity index is 821. The Kier molecular flexibility index (Phi) is 4.84. The summed E-state index contributed by atoms with van der Waals surface area (Å²) in [4.78, 5) is 7.68. The van der Waals surface area contributed by atoms with Gasteiger partial charge in [-0.1, -0.05) is 18.7 Å². The van der Waals surface area contributed by atoms with Crippen LogP contribution in [0, 0.1) is 0 Å². The number of thioether (sulfide) groups is 1. The van der Waals surface area contributed by atoms with Crippen LogP contribution in [0.1, 0.15) is 18.2 Å². The van der Waals surface area contributed by atoms with Gasteiger partial charge in [-0.25, -0.2) is 13.4 Å². The topological polar surface area (TPSA) is 103 Å². The molecule has 0 aliphatic carbocycles. The van der Waals surface area contributed by atoms with Crippen molar-refractivity contribution < 1.29 is 34.2 Å². The molecule has 13 heteroatoms. The van der Waals surface area contributed by atoms with Crippen LogP contribution < -0.4 is 4.18 Å². The summed E-state index contributed by atoms with van der Waals surface area (Å²) in [5.41, 5.74) is -5.71. The summed E-state index contributed by atoms with van der Waals surface area (Å²) in [5, 5.41) is 0.0259. The first-order chi connectivity index (χ1) is 10.5. The second-order valence-electron chi connectivity index (χ2n) is 4.49. The maximum Gasteiger partial charge on any atom is 0.534 e. The number of fused-ring (bicyclic) bond motifs is 1. The number of hydrogen-bond acceptors (Lipinski definition) is 8. The van der Waals surface area contributed by atoms with Crippen LogP contribution in [0.25, 0.3) is 0 Å². The van der Waals surface area contributed by atoms with Crippen molar-refractivity contribution in [2.45, 2.75) is 29.8 Å². The van der Waals surface area contributed by atoms with Gasteiger partial charge in [0, 0.05) is 6.42 Å². The van der Waals surface area contributed by atoms with E-state index in [1.54, 1.807) is 6.92 Å². The molecule has 7 nitrogen and oxygen atoms in total. The quantitative estimate of drug-likeness (QED) is 0.327. The van der Waals surface area contributed by atoms with Gasteiger partial charge in [-0.05, 0) is 5.75 Å². The maximum absolute atomic E-state index is 12.5. The number of halogens is 3. The summed E-state index contributed by atoms with van der Waals surface area (Å²) in [5.74, 6) is -1.28. The number of alkyl halides is 3. The third kappa shape index (κ3) is 4.07. The molecule has 0 saturated heterocycles. The van der Waals surface area contributed by atoms with Crippen molar-refractivity contribution in [1.82, 2.24) is 9.97 Å². The molecule has 0 aromatic carbocycles. The van der Waals surface area contributed by atoms with Gasteiger partial charge in [0.2, 0.25) is 5.88 Å². The van der Waals surface area contributed by atoms with Gasteiger partial charge in [-0.3, -0.25) is 0 Å². The summed E-state index contributed by atoms with van der Waals surface area (Å²) < 4.78 is 87.1. The van der Waals surface area contributed by atoms with Gasteiger partial charge in [0.05, 0.1) is 22.8 Å². The van der Waals surface area contributed by atoms with E-state index in [1.807, 2.05) is 0 Å². The highest BCUT2D eigenvalue weighted by molar-refractivity contribution is 7.99. The van der Waals surface area contributed by atoms with Crippen molar-refractivity contribution >= 4 is 31.7 Å². The first-order valence-electron chi connectivity index (χ1n) is 6.19. The average Bonchev–Trinajstić information content (AvgIpc) is 2.38. The highest BCUT2D eigenvalue weighted by Gasteiger charge is 2.49. The van der Waals surface area contributed by atoms with Crippen LogP contribution >= 0.6 is 11.8 Å². The molecular formula is C10H11F3N2O5S3. The number of nitrogens with zero attached hydrogens (tertiary/aromatic N) is 2. The smallest absolute Gasteiger partial charge is 0.355 e. The Morgan fingerprint density at radius 1 is 1.30 bits per heavy atom. The SMILES string of the molecule is CCSc1nc2c(c(OS(=O)(=O)C(F)(F)F)n1)CS(=O)(=O)CC2. The Morgan fingerprint density at radius 3 is 2.52 bits per heavy atom. The minimum absolute atomic E-state index is 0.0259. The zero-order chi connectivity index (χ0) is 17.5. The van der Waals surface area contributed by atoms with Crippen LogP contribution in [-0.2, 0) is 32.1 Å². The summed E-state index contributed by atoms with van der Waals surface area (Å²) in [6.45, 7) is 1.74. The van der Waals surface area contributed by atoms with Crippen molar-refractivity contribution in [3.8, 4) is 5.88 Å². The van der Waals surface area contributed by atoms with E-state index in [0.717, 1.165) is 11.8 Å². The molecule has 2 heterocycles. The van der Waals surface area contributed by atoms with Gasteiger partial charge in [0.15, 0.2) is 15.0 Å². The molecule has 130 valence electrons. The van der Waals surface area contributed by atoms with Crippen LogP contribution in [0.15, 0.2) is 5.16 Å². The largest absolute Gasteiger partial charge is 0.534 e. The molecule has 1 aromatic heterocycles. The van der Waals surface area contributed by atoms with E-state index in [4.69, 9.17) is 0 Å². The number of sulfone groups is 1. The number of aromatic nitrogens is 2. The van der Waals surface area contributed by atoms with Crippen LogP contribution in [-0.4, -0.2) is 43.8 Å². The van der Waals surface area contributed by atoms with Crippen molar-refractivity contribution in [3.05, 3.63) is 11.3 Å². The Labute approximate surface area is 134 Å². The third-order valence-corrected chi connectivity index (χ3v) is 6.02. The number of hydrogen-bond donors (Lipinski definition) is 0. The lowest BCUT2D eigenvalue weighted by Crippen LogP contribution is -2.30. The lowest BCUT2D eigenvalue weighted by Gasteiger charge is -2.19. The molecule has 0 amide bonds. The van der Waals surface area contributed by atoms with E-state index in [0.29, 0.717) is 5.75 Å². The second kappa shape index (κ2) is 6.09. The zero-order valence-electron chi connectivity index (χ0n) is 11.6. The van der Waals surface area contributed by atoms with Crippen molar-refractivity contribution in [3.63, 3.8) is 0 Å². The zero-order valence-corrected chi connectivity index (χ0v) is 14.1. The molecule has 23 heavy (non-hydrogen) atoms. The molecule has 0 saturated carbocycles. The standard InChI is InChI=1S/C10H11F3N2O5S3/c1-2-21-9-14-7-3-4-22(16,17)5-6(7)8(15-9)20-23(18,19)10(11,12)13/h2-5H2,1H3. The van der Waals surface area contributed by atoms with Gasteiger partial charge in [-0.15, -0.1) is 0 Å². The van der Waals surface area contributed by atoms with Crippen molar-refractivity contribution in [1.29, 1.82) is 0 Å². The Hall–Kier alpha value is -1.08. The fourth-order valence-corrected chi connectivity index (χ4v) is 4.19. The molecule has 2 rings (SSSR count). The van der Waals surface area contributed by atoms with E-state index in [9.17, 15) is 30.0 Å². The Morgan fingerprint density at radius 2 is 1.96 bits per heavy atom. The first kappa shape index (κ1) is 18.3. The van der Waals surface area contributed by atoms with Crippen LogP contribution in [0.3, 0.4) is 0 Å². The first-order valence-corrected chi connectivity index (χ1v) is 10.4. The van der Waals surface area contributed by atoms with Crippen molar-refractivity contribution in [2.24, 2.45) is 0 Å². The third-order valence-electron chi connectivity index (χ3n) is 2.79. The minimum atomic E-state index is -5.95. The maximum atomic E-state index is 12.5. The molecule has 0 spiro atoms. The minimum Gasteiger partial charge on any atom is -0.355 e. The molecule has 0 atom stereocenters. The molecule has 0 unspecified atom stereocenters. The van der Waals surface area contributed by atoms with E-state index in [-0.39, 0.29) is 28.6 Å². The van der Waals surface area contributed by atoms with Crippen LogP contribution in [0.4, 0.5) is 13.2 Å². The Balaban J connectivity index is 2.55. The second-order valence-corrected chi connectivity index (χ2v) is 9.45. The van der Waals surface area contributed by atoms with E-state index in [1.165, 1.54) is 0 Å². The average molecular weight is 392 g/mol. The van der Waals surface area contributed by atoms with Gasteiger partial charge >= 0.3 is 15.6 Å². The van der Waals surface area contributed by atoms with Gasteiger partial charge in [-0.2, -0.15) is 26.6 Å². The van der Waals surface area contributed by atoms with E-state index in [2.05, 4.69) is 14.2 Å². The molecule has 0 N–H and O–H groups in total. The normalized spacial score (nSPS) is 17.6. The molecule has 0 radical (unpaired) electrons. The van der Waals surface area contributed by atoms with E-state index >= 15 is 0 Å². The predicted octanol–water partition coefficient (Wildman–Crippen LogP) is 1.29. The fourth-order valence-electron chi connectivity index (χ4n) is 1.80. The highest BCUT2D eigenvalue weighted by Crippen LogP contribution is 2.33. The number of aryl methyl sites for hydroxylation is 1. The fraction of sp³-hybridized carbons (Fsp3) is 0.600. The highest BCUT2D eigenvalue weighted by atomic mass is 32.2. The molecule has 1 aliphatic heterocycles. The van der Waals surface area contributed by atoms with Gasteiger partial charge in [0.25, 0.3) is 0 Å². The summed E-state index contributed by atoms with van der Waals surface area (Å²) in [6.07, 6.45) is -0.0418. The lowest BCUT2D eigenvalue weighted by molar-refractivity contribution is -0.0501. The molecule has 1 aromatic rings. The van der Waals surface area contributed by atoms with Crippen LogP contribution in [0.2, 0.25) is 0 Å². The molecular weight excluding hydrogens is 381 g/mol. The number of rotatable bonds is 4. The summed E-state index contributed by atoms with van der Waals surface area (Å²) >= 11 is 1.07. The van der Waals surface area contributed by atoms with E-state index < -0.39 is 37.1 Å². The van der Waals surface area contributed by atoms with Gasteiger partial charge in [0.1, 0.15) is 0 Å². The predicted molar refractivity (Wildman–Crippen MR) is 75.2 cm³/mol. The molecule has 0 fully saturated rings. The molecule has 0 bridgehead atoms. The molecule has 1 aliphatic rings. The summed E-state index contributed by atoms with van der Waals surface area (Å²) in [7, 11) is -9.53. The lowest BCUT2D eigenvalue weighted by atomic mass is 10.2. The van der Waals surface area contributed by atoms with Gasteiger partial charge < -0.3 is 4.18 Å². The monoisotopic (exact) mass is 392 g/mol. The van der Waals surface area contributed by atoms with Crippen molar-refractivity contribution in [2.75, 3.05) is 11.5 Å².